The van der Waals surface area contributed by atoms with Crippen molar-refractivity contribution in [3.05, 3.63) is 30.3 Å². The molecule has 1 heterocycles. The van der Waals surface area contributed by atoms with Crippen LogP contribution in [0.1, 0.15) is 6.92 Å². The summed E-state index contributed by atoms with van der Waals surface area (Å²) in [5, 5.41) is 10.3. The zero-order valence-electron chi connectivity index (χ0n) is 10.3. The molecule has 2 amide bonds. The molecule has 19 heavy (non-hydrogen) atoms. The number of anilines is 1. The zero-order chi connectivity index (χ0) is 13.9. The van der Waals surface area contributed by atoms with E-state index in [4.69, 9.17) is 9.84 Å². The molecule has 6 nitrogen and oxygen atoms in total. The van der Waals surface area contributed by atoms with Crippen LogP contribution in [0.15, 0.2) is 30.3 Å². The van der Waals surface area contributed by atoms with Crippen LogP contribution in [-0.2, 0) is 4.74 Å². The topological polar surface area (TPSA) is 78.9 Å². The Balaban J connectivity index is 2.08. The largest absolute Gasteiger partial charge is 0.508 e. The fourth-order valence-electron chi connectivity index (χ4n) is 1.85. The number of carbonyl (C=O) groups excluding carboxylic acids is 1. The summed E-state index contributed by atoms with van der Waals surface area (Å²) in [4.78, 5) is 24.2. The average molecular weight is 282 g/mol. The van der Waals surface area contributed by atoms with Crippen LogP contribution in [0.5, 0.6) is 0 Å². The van der Waals surface area contributed by atoms with Crippen LogP contribution >= 0.6 is 11.8 Å². The third-order valence-corrected chi connectivity index (χ3v) is 3.95. The Morgan fingerprint density at radius 1 is 1.42 bits per heavy atom. The fourth-order valence-corrected chi connectivity index (χ4v) is 2.97. The number of carboxylic acid groups (broad SMARTS) is 1. The second-order valence-corrected chi connectivity index (χ2v) is 5.52. The maximum Gasteiger partial charge on any atom is 0.508 e. The maximum absolute atomic E-state index is 12.1. The van der Waals surface area contributed by atoms with E-state index in [-0.39, 0.29) is 6.03 Å². The summed E-state index contributed by atoms with van der Waals surface area (Å²) < 4.78 is 4.81. The van der Waals surface area contributed by atoms with Crippen LogP contribution in [0.2, 0.25) is 0 Å². The van der Waals surface area contributed by atoms with Crippen molar-refractivity contribution in [2.75, 3.05) is 17.6 Å². The number of benzene rings is 1. The monoisotopic (exact) mass is 282 g/mol. The number of hydrogen-bond acceptors (Lipinski definition) is 4. The molecule has 0 aliphatic carbocycles. The molecule has 0 saturated carbocycles. The highest BCUT2D eigenvalue weighted by Crippen LogP contribution is 2.37. The van der Waals surface area contributed by atoms with Crippen molar-refractivity contribution in [3.8, 4) is 0 Å². The van der Waals surface area contributed by atoms with E-state index in [0.29, 0.717) is 18.0 Å². The summed E-state index contributed by atoms with van der Waals surface area (Å²) in [6, 6.07) is 8.61. The minimum atomic E-state index is -1.39. The van der Waals surface area contributed by atoms with Crippen molar-refractivity contribution >= 4 is 29.6 Å². The molecule has 2 rings (SSSR count). The predicted molar refractivity (Wildman–Crippen MR) is 72.1 cm³/mol. The van der Waals surface area contributed by atoms with E-state index in [1.807, 2.05) is 6.07 Å². The van der Waals surface area contributed by atoms with Crippen LogP contribution < -0.4 is 5.32 Å². The summed E-state index contributed by atoms with van der Waals surface area (Å²) in [5.41, 5.74) is 0.655. The van der Waals surface area contributed by atoms with Gasteiger partial charge in [0.2, 0.25) is 5.06 Å². The molecule has 0 bridgehead atoms. The molecule has 2 N–H and O–H groups in total. The number of ether oxygens (including phenoxy) is 1. The molecule has 1 aliphatic heterocycles. The van der Waals surface area contributed by atoms with Crippen molar-refractivity contribution in [3.63, 3.8) is 0 Å². The van der Waals surface area contributed by atoms with E-state index in [2.05, 4.69) is 5.32 Å². The molecule has 1 saturated heterocycles. The molecule has 1 atom stereocenters. The highest BCUT2D eigenvalue weighted by molar-refractivity contribution is 8.00. The number of nitrogens with one attached hydrogen (secondary N) is 1. The Bertz CT molecular complexity index is 482. The lowest BCUT2D eigenvalue weighted by Crippen LogP contribution is -2.48. The Kier molecular flexibility index (Phi) is 3.84. The van der Waals surface area contributed by atoms with Crippen molar-refractivity contribution in [1.29, 1.82) is 0 Å². The van der Waals surface area contributed by atoms with Gasteiger partial charge in [0.25, 0.3) is 0 Å². The molecule has 0 spiro atoms. The van der Waals surface area contributed by atoms with Gasteiger partial charge in [-0.2, -0.15) is 0 Å². The Morgan fingerprint density at radius 2 is 2.11 bits per heavy atom. The highest BCUT2D eigenvalue weighted by atomic mass is 32.2. The quantitative estimate of drug-likeness (QED) is 0.815. The van der Waals surface area contributed by atoms with Gasteiger partial charge in [-0.25, -0.2) is 9.59 Å². The van der Waals surface area contributed by atoms with Crippen molar-refractivity contribution in [2.24, 2.45) is 0 Å². The third-order valence-electron chi connectivity index (χ3n) is 2.72. The minimum absolute atomic E-state index is 0.375. The first-order valence-electron chi connectivity index (χ1n) is 5.71. The van der Waals surface area contributed by atoms with E-state index in [0.717, 1.165) is 0 Å². The highest BCUT2D eigenvalue weighted by Gasteiger charge is 2.44. The lowest BCUT2D eigenvalue weighted by Gasteiger charge is -2.32. The Morgan fingerprint density at radius 3 is 2.74 bits per heavy atom. The number of para-hydroxylation sites is 1. The number of nitrogens with zero attached hydrogens (tertiary/aromatic N) is 1. The van der Waals surface area contributed by atoms with Crippen LogP contribution in [0, 0.1) is 0 Å². The van der Waals surface area contributed by atoms with Crippen molar-refractivity contribution in [1.82, 2.24) is 4.90 Å². The van der Waals surface area contributed by atoms with Gasteiger partial charge >= 0.3 is 12.2 Å². The van der Waals surface area contributed by atoms with Gasteiger partial charge in [-0.05, 0) is 12.1 Å². The lowest BCUT2D eigenvalue weighted by atomic mass is 10.3. The van der Waals surface area contributed by atoms with E-state index in [1.165, 1.54) is 16.7 Å². The predicted octanol–water partition coefficient (Wildman–Crippen LogP) is 2.64. The standard InChI is InChI=1S/C12H14N2O4S/c1-12(18-11(16)17)14(7-8-19-12)10(15)13-9-5-3-2-4-6-9/h2-6H,7-8H2,1H3,(H,13,15)(H,16,17). The van der Waals surface area contributed by atoms with Crippen molar-refractivity contribution in [2.45, 2.75) is 12.0 Å². The molecule has 102 valence electrons. The number of carbonyl (C=O) groups is 2. The molecular formula is C12H14N2O4S. The van der Waals surface area contributed by atoms with Crippen LogP contribution in [-0.4, -0.2) is 39.5 Å². The van der Waals surface area contributed by atoms with Gasteiger partial charge in [0.15, 0.2) is 0 Å². The minimum Gasteiger partial charge on any atom is -0.450 e. The first kappa shape index (κ1) is 13.5. The summed E-state index contributed by atoms with van der Waals surface area (Å²) in [5.74, 6) is 0.631. The second-order valence-electron chi connectivity index (χ2n) is 4.06. The molecule has 7 heteroatoms. The van der Waals surface area contributed by atoms with Crippen LogP contribution in [0.3, 0.4) is 0 Å². The molecule has 0 radical (unpaired) electrons. The van der Waals surface area contributed by atoms with Gasteiger partial charge < -0.3 is 15.2 Å². The van der Waals surface area contributed by atoms with E-state index in [1.54, 1.807) is 31.2 Å². The third kappa shape index (κ3) is 3.11. The molecule has 1 aromatic rings. The summed E-state index contributed by atoms with van der Waals surface area (Å²) in [7, 11) is 0. The molecule has 1 fully saturated rings. The van der Waals surface area contributed by atoms with Crippen LogP contribution in [0.4, 0.5) is 15.3 Å². The van der Waals surface area contributed by atoms with Gasteiger partial charge in [-0.15, -0.1) is 0 Å². The molecule has 0 aromatic heterocycles. The second kappa shape index (κ2) is 5.40. The first-order chi connectivity index (χ1) is 9.01. The average Bonchev–Trinajstić information content (AvgIpc) is 2.71. The molecule has 1 aromatic carbocycles. The normalized spacial score (nSPS) is 22.1. The van der Waals surface area contributed by atoms with Gasteiger partial charge in [-0.3, -0.25) is 4.90 Å². The summed E-state index contributed by atoms with van der Waals surface area (Å²) >= 11 is 1.28. The van der Waals surface area contributed by atoms with Gasteiger partial charge in [0, 0.05) is 24.9 Å². The van der Waals surface area contributed by atoms with Crippen molar-refractivity contribution < 1.29 is 19.4 Å². The number of rotatable bonds is 2. The lowest BCUT2D eigenvalue weighted by molar-refractivity contribution is -0.0180. The van der Waals surface area contributed by atoms with E-state index < -0.39 is 11.2 Å². The van der Waals surface area contributed by atoms with Gasteiger partial charge in [0.1, 0.15) is 0 Å². The number of thioether (sulfide) groups is 1. The molecular weight excluding hydrogens is 268 g/mol. The Labute approximate surface area is 114 Å². The van der Waals surface area contributed by atoms with Gasteiger partial charge in [-0.1, -0.05) is 30.0 Å². The first-order valence-corrected chi connectivity index (χ1v) is 6.69. The zero-order valence-corrected chi connectivity index (χ0v) is 11.1. The Hall–Kier alpha value is -1.89. The number of amides is 2. The fraction of sp³-hybridized carbons (Fsp3) is 0.333. The summed E-state index contributed by atoms with van der Waals surface area (Å²) in [6.45, 7) is 2.01. The molecule has 1 unspecified atom stereocenters. The summed E-state index contributed by atoms with van der Waals surface area (Å²) in [6.07, 6.45) is -1.39. The maximum atomic E-state index is 12.1. The molecule has 1 aliphatic rings. The van der Waals surface area contributed by atoms with E-state index in [9.17, 15) is 9.59 Å². The number of urea groups is 1. The number of hydrogen-bond donors (Lipinski definition) is 2. The smallest absolute Gasteiger partial charge is 0.450 e. The van der Waals surface area contributed by atoms with Gasteiger partial charge in [0.05, 0.1) is 0 Å². The van der Waals surface area contributed by atoms with Crippen LogP contribution in [0.25, 0.3) is 0 Å². The SMILES string of the molecule is CC1(OC(=O)O)SCCN1C(=O)Nc1ccccc1. The van der Waals surface area contributed by atoms with E-state index >= 15 is 0 Å².